The van der Waals surface area contributed by atoms with E-state index in [2.05, 4.69) is 26.6 Å². The van der Waals surface area contributed by atoms with E-state index in [-0.39, 0.29) is 18.0 Å². The van der Waals surface area contributed by atoms with Crippen LogP contribution in [0.2, 0.25) is 0 Å². The number of rotatable bonds is 4. The van der Waals surface area contributed by atoms with Gasteiger partial charge in [-0.15, -0.1) is 0 Å². The Morgan fingerprint density at radius 3 is 2.46 bits per heavy atom. The first-order valence-corrected chi connectivity index (χ1v) is 9.19. The van der Waals surface area contributed by atoms with Crippen molar-refractivity contribution in [1.29, 1.82) is 0 Å². The lowest BCUT2D eigenvalue weighted by molar-refractivity contribution is 0.0489. The molecule has 1 aromatic carbocycles. The SMILES string of the molecule is CC(C)(C)OC(=O)N[C@H]1CC[C@H](NCc2ccc(Br)cc2F)CC1. The fourth-order valence-electron chi connectivity index (χ4n) is 2.84. The number of halogens is 2. The van der Waals surface area contributed by atoms with Gasteiger partial charge in [-0.1, -0.05) is 22.0 Å². The molecule has 0 atom stereocenters. The van der Waals surface area contributed by atoms with Crippen molar-refractivity contribution in [2.75, 3.05) is 0 Å². The van der Waals surface area contributed by atoms with E-state index in [0.29, 0.717) is 18.2 Å². The third-order valence-electron chi connectivity index (χ3n) is 4.04. The molecule has 1 aliphatic rings. The predicted molar refractivity (Wildman–Crippen MR) is 96.4 cm³/mol. The van der Waals surface area contributed by atoms with Gasteiger partial charge >= 0.3 is 6.09 Å². The number of benzene rings is 1. The van der Waals surface area contributed by atoms with E-state index in [1.165, 1.54) is 6.07 Å². The normalized spacial score (nSPS) is 21.4. The van der Waals surface area contributed by atoms with Gasteiger partial charge in [-0.2, -0.15) is 0 Å². The van der Waals surface area contributed by atoms with Crippen LogP contribution < -0.4 is 10.6 Å². The Hall–Kier alpha value is -1.14. The number of alkyl carbamates (subject to hydrolysis) is 1. The number of amides is 1. The number of hydrogen-bond acceptors (Lipinski definition) is 3. The molecule has 0 spiro atoms. The van der Waals surface area contributed by atoms with Gasteiger partial charge in [-0.3, -0.25) is 0 Å². The molecule has 24 heavy (non-hydrogen) atoms. The van der Waals surface area contributed by atoms with Gasteiger partial charge in [0, 0.05) is 28.7 Å². The summed E-state index contributed by atoms with van der Waals surface area (Å²) in [6, 6.07) is 5.63. The molecule has 1 amide bonds. The second-order valence-corrected chi connectivity index (χ2v) is 8.23. The molecule has 2 rings (SSSR count). The molecule has 0 heterocycles. The van der Waals surface area contributed by atoms with Crippen LogP contribution in [-0.2, 0) is 11.3 Å². The fourth-order valence-corrected chi connectivity index (χ4v) is 3.17. The summed E-state index contributed by atoms with van der Waals surface area (Å²) in [6.45, 7) is 6.09. The van der Waals surface area contributed by atoms with Gasteiger partial charge in [-0.05, 0) is 58.6 Å². The molecular weight excluding hydrogens is 375 g/mol. The summed E-state index contributed by atoms with van der Waals surface area (Å²) >= 11 is 3.26. The molecule has 0 aliphatic heterocycles. The summed E-state index contributed by atoms with van der Waals surface area (Å²) in [5.74, 6) is -0.197. The van der Waals surface area contributed by atoms with Gasteiger partial charge in [0.25, 0.3) is 0 Å². The number of ether oxygens (including phenoxy) is 1. The van der Waals surface area contributed by atoms with Crippen molar-refractivity contribution in [3.05, 3.63) is 34.1 Å². The quantitative estimate of drug-likeness (QED) is 0.781. The Labute approximate surface area is 151 Å². The van der Waals surface area contributed by atoms with Crippen LogP contribution in [0.15, 0.2) is 22.7 Å². The van der Waals surface area contributed by atoms with E-state index in [1.54, 1.807) is 6.07 Å². The lowest BCUT2D eigenvalue weighted by Gasteiger charge is -2.30. The molecule has 4 nitrogen and oxygen atoms in total. The smallest absolute Gasteiger partial charge is 0.407 e. The average molecular weight is 401 g/mol. The van der Waals surface area contributed by atoms with Crippen molar-refractivity contribution < 1.29 is 13.9 Å². The standard InChI is InChI=1S/C18H26BrFN2O2/c1-18(2,3)24-17(23)22-15-8-6-14(7-9-15)21-11-12-4-5-13(19)10-16(12)20/h4-5,10,14-15,21H,6-9,11H2,1-3H3,(H,22,23)/t14-,15-. The summed E-state index contributed by atoms with van der Waals surface area (Å²) in [7, 11) is 0. The van der Waals surface area contributed by atoms with Crippen LogP contribution in [0.5, 0.6) is 0 Å². The van der Waals surface area contributed by atoms with Crippen molar-refractivity contribution in [2.45, 2.75) is 70.7 Å². The fraction of sp³-hybridized carbons (Fsp3) is 0.611. The molecule has 1 aliphatic carbocycles. The summed E-state index contributed by atoms with van der Waals surface area (Å²) < 4.78 is 19.8. The van der Waals surface area contributed by atoms with Crippen molar-refractivity contribution in [3.8, 4) is 0 Å². The van der Waals surface area contributed by atoms with Gasteiger partial charge in [0.2, 0.25) is 0 Å². The molecule has 6 heteroatoms. The topological polar surface area (TPSA) is 50.4 Å². The van der Waals surface area contributed by atoms with Crippen LogP contribution in [0.1, 0.15) is 52.0 Å². The number of carbonyl (C=O) groups is 1. The second kappa shape index (κ2) is 8.30. The zero-order chi connectivity index (χ0) is 17.7. The maximum atomic E-state index is 13.8. The van der Waals surface area contributed by atoms with Crippen molar-refractivity contribution in [3.63, 3.8) is 0 Å². The Morgan fingerprint density at radius 1 is 1.25 bits per heavy atom. The van der Waals surface area contributed by atoms with Gasteiger partial charge < -0.3 is 15.4 Å². The molecule has 0 radical (unpaired) electrons. The first-order chi connectivity index (χ1) is 11.2. The van der Waals surface area contributed by atoms with E-state index >= 15 is 0 Å². The molecule has 1 aromatic rings. The van der Waals surface area contributed by atoms with Crippen LogP contribution in [0, 0.1) is 5.82 Å². The highest BCUT2D eigenvalue weighted by atomic mass is 79.9. The minimum absolute atomic E-state index is 0.155. The van der Waals surface area contributed by atoms with Crippen molar-refractivity contribution >= 4 is 22.0 Å². The Bertz CT molecular complexity index is 567. The molecular formula is C18H26BrFN2O2. The lowest BCUT2D eigenvalue weighted by atomic mass is 9.91. The third-order valence-corrected chi connectivity index (χ3v) is 4.54. The first kappa shape index (κ1) is 19.2. The van der Waals surface area contributed by atoms with E-state index in [1.807, 2.05) is 26.8 Å². The minimum Gasteiger partial charge on any atom is -0.444 e. The summed E-state index contributed by atoms with van der Waals surface area (Å²) in [4.78, 5) is 11.8. The zero-order valence-corrected chi connectivity index (χ0v) is 16.1. The highest BCUT2D eigenvalue weighted by molar-refractivity contribution is 9.10. The average Bonchev–Trinajstić information content (AvgIpc) is 2.46. The van der Waals surface area contributed by atoms with Gasteiger partial charge in [0.15, 0.2) is 0 Å². The van der Waals surface area contributed by atoms with E-state index < -0.39 is 5.60 Å². The highest BCUT2D eigenvalue weighted by Gasteiger charge is 2.24. The van der Waals surface area contributed by atoms with Crippen LogP contribution in [0.25, 0.3) is 0 Å². The van der Waals surface area contributed by atoms with E-state index in [9.17, 15) is 9.18 Å². The van der Waals surface area contributed by atoms with E-state index in [0.717, 1.165) is 30.2 Å². The monoisotopic (exact) mass is 400 g/mol. The summed E-state index contributed by atoms with van der Waals surface area (Å²) in [6.07, 6.45) is 3.37. The first-order valence-electron chi connectivity index (χ1n) is 8.40. The van der Waals surface area contributed by atoms with Gasteiger partial charge in [-0.25, -0.2) is 9.18 Å². The minimum atomic E-state index is -0.475. The molecule has 134 valence electrons. The maximum absolute atomic E-state index is 13.8. The summed E-state index contributed by atoms with van der Waals surface area (Å²) in [5, 5.41) is 6.34. The second-order valence-electron chi connectivity index (χ2n) is 7.31. The van der Waals surface area contributed by atoms with Crippen LogP contribution in [0.4, 0.5) is 9.18 Å². The molecule has 0 saturated heterocycles. The predicted octanol–water partition coefficient (Wildman–Crippen LogP) is 4.51. The van der Waals surface area contributed by atoms with E-state index in [4.69, 9.17) is 4.74 Å². The number of nitrogens with one attached hydrogen (secondary N) is 2. The van der Waals surface area contributed by atoms with Crippen LogP contribution >= 0.6 is 15.9 Å². The molecule has 0 aromatic heterocycles. The molecule has 1 fully saturated rings. The highest BCUT2D eigenvalue weighted by Crippen LogP contribution is 2.21. The van der Waals surface area contributed by atoms with Gasteiger partial charge in [0.05, 0.1) is 0 Å². The lowest BCUT2D eigenvalue weighted by Crippen LogP contribution is -2.43. The zero-order valence-electron chi connectivity index (χ0n) is 14.5. The van der Waals surface area contributed by atoms with Crippen molar-refractivity contribution in [2.24, 2.45) is 0 Å². The van der Waals surface area contributed by atoms with Crippen LogP contribution in [0.3, 0.4) is 0 Å². The Balaban J connectivity index is 1.72. The molecule has 0 unspecified atom stereocenters. The Kier molecular flexibility index (Phi) is 6.63. The molecule has 0 bridgehead atoms. The number of carbonyl (C=O) groups excluding carboxylic acids is 1. The molecule has 1 saturated carbocycles. The van der Waals surface area contributed by atoms with Crippen LogP contribution in [-0.4, -0.2) is 23.8 Å². The Morgan fingerprint density at radius 2 is 1.88 bits per heavy atom. The maximum Gasteiger partial charge on any atom is 0.407 e. The van der Waals surface area contributed by atoms with Crippen molar-refractivity contribution in [1.82, 2.24) is 10.6 Å². The molecule has 2 N–H and O–H groups in total. The number of hydrogen-bond donors (Lipinski definition) is 2. The van der Waals surface area contributed by atoms with Gasteiger partial charge in [0.1, 0.15) is 11.4 Å². The third kappa shape index (κ3) is 6.40. The largest absolute Gasteiger partial charge is 0.444 e. The summed E-state index contributed by atoms with van der Waals surface area (Å²) in [5.41, 5.74) is 0.199.